The summed E-state index contributed by atoms with van der Waals surface area (Å²) in [6.45, 7) is 0.402. The van der Waals surface area contributed by atoms with Gasteiger partial charge in [0, 0.05) is 11.4 Å². The molecule has 3 aromatic carbocycles. The number of amides is 1. The van der Waals surface area contributed by atoms with E-state index in [2.05, 4.69) is 20.8 Å². The Morgan fingerprint density at radius 1 is 1.00 bits per heavy atom. The third-order valence-corrected chi connectivity index (χ3v) is 5.99. The molecule has 0 aliphatic rings. The largest absolute Gasteiger partial charge is 0.497 e. The Morgan fingerprint density at radius 2 is 1.73 bits per heavy atom. The van der Waals surface area contributed by atoms with Crippen molar-refractivity contribution in [3.8, 4) is 11.4 Å². The molecule has 4 rings (SSSR count). The molecule has 0 spiro atoms. The highest BCUT2D eigenvalue weighted by atomic mass is 35.5. The summed E-state index contributed by atoms with van der Waals surface area (Å²) in [6, 6.07) is 24.5. The van der Waals surface area contributed by atoms with Gasteiger partial charge in [0.1, 0.15) is 5.75 Å². The van der Waals surface area contributed by atoms with E-state index in [9.17, 15) is 4.79 Å². The molecule has 1 amide bonds. The molecule has 0 saturated carbocycles. The minimum atomic E-state index is -0.119. The van der Waals surface area contributed by atoms with Crippen LogP contribution in [0.3, 0.4) is 0 Å². The maximum atomic E-state index is 12.4. The van der Waals surface area contributed by atoms with E-state index in [4.69, 9.17) is 16.3 Å². The van der Waals surface area contributed by atoms with Crippen molar-refractivity contribution >= 4 is 40.6 Å². The number of hydrogen-bond donors (Lipinski definition) is 2. The van der Waals surface area contributed by atoms with Gasteiger partial charge < -0.3 is 15.4 Å². The van der Waals surface area contributed by atoms with E-state index < -0.39 is 0 Å². The third-order valence-electron chi connectivity index (χ3n) is 4.73. The van der Waals surface area contributed by atoms with E-state index in [0.29, 0.717) is 22.5 Å². The molecule has 0 atom stereocenters. The van der Waals surface area contributed by atoms with Gasteiger partial charge in [0.15, 0.2) is 11.0 Å². The fourth-order valence-electron chi connectivity index (χ4n) is 3.13. The van der Waals surface area contributed by atoms with Crippen LogP contribution in [0.15, 0.2) is 84.0 Å². The van der Waals surface area contributed by atoms with Gasteiger partial charge >= 0.3 is 0 Å². The number of anilines is 2. The van der Waals surface area contributed by atoms with E-state index in [1.807, 2.05) is 83.4 Å². The lowest BCUT2D eigenvalue weighted by Gasteiger charge is -2.12. The average molecular weight is 480 g/mol. The number of carbonyl (C=O) groups is 1. The van der Waals surface area contributed by atoms with Gasteiger partial charge in [0.25, 0.3) is 0 Å². The quantitative estimate of drug-likeness (QED) is 0.318. The second-order valence-corrected chi connectivity index (χ2v) is 8.32. The smallest absolute Gasteiger partial charge is 0.234 e. The van der Waals surface area contributed by atoms with Gasteiger partial charge in [0.2, 0.25) is 5.91 Å². The van der Waals surface area contributed by atoms with Crippen LogP contribution in [-0.2, 0) is 11.3 Å². The molecule has 0 bridgehead atoms. The molecule has 0 aliphatic carbocycles. The fraction of sp³-hybridized carbons (Fsp3) is 0.125. The van der Waals surface area contributed by atoms with Crippen molar-refractivity contribution in [2.45, 2.75) is 11.7 Å². The predicted octanol–water partition coefficient (Wildman–Crippen LogP) is 5.27. The maximum absolute atomic E-state index is 12.4. The van der Waals surface area contributed by atoms with Crippen LogP contribution in [0.2, 0.25) is 5.02 Å². The van der Waals surface area contributed by atoms with Gasteiger partial charge in [0.05, 0.1) is 30.1 Å². The van der Waals surface area contributed by atoms with Crippen molar-refractivity contribution in [3.63, 3.8) is 0 Å². The summed E-state index contributed by atoms with van der Waals surface area (Å²) in [7, 11) is 1.62. The van der Waals surface area contributed by atoms with Gasteiger partial charge in [-0.2, -0.15) is 0 Å². The minimum absolute atomic E-state index is 0.119. The Labute approximate surface area is 201 Å². The molecule has 0 radical (unpaired) electrons. The first-order valence-corrected chi connectivity index (χ1v) is 11.5. The van der Waals surface area contributed by atoms with Crippen LogP contribution in [-0.4, -0.2) is 33.5 Å². The van der Waals surface area contributed by atoms with Crippen LogP contribution >= 0.6 is 23.4 Å². The first-order chi connectivity index (χ1) is 16.1. The first-order valence-electron chi connectivity index (χ1n) is 10.2. The molecule has 0 aliphatic heterocycles. The molecule has 168 valence electrons. The second-order valence-electron chi connectivity index (χ2n) is 6.97. The molecule has 0 saturated heterocycles. The Bertz CT molecular complexity index is 1220. The van der Waals surface area contributed by atoms with Gasteiger partial charge in [-0.3, -0.25) is 9.36 Å². The summed E-state index contributed by atoms with van der Waals surface area (Å²) in [6.07, 6.45) is 0. The summed E-state index contributed by atoms with van der Waals surface area (Å²) in [5.41, 5.74) is 2.42. The summed E-state index contributed by atoms with van der Waals surface area (Å²) >= 11 is 7.59. The summed E-state index contributed by atoms with van der Waals surface area (Å²) < 4.78 is 7.20. The van der Waals surface area contributed by atoms with E-state index in [1.165, 1.54) is 11.8 Å². The second kappa shape index (κ2) is 10.9. The zero-order valence-electron chi connectivity index (χ0n) is 17.9. The van der Waals surface area contributed by atoms with Crippen molar-refractivity contribution in [2.75, 3.05) is 23.5 Å². The highest BCUT2D eigenvalue weighted by molar-refractivity contribution is 7.99. The van der Waals surface area contributed by atoms with Crippen molar-refractivity contribution in [1.82, 2.24) is 14.8 Å². The lowest BCUT2D eigenvalue weighted by atomic mass is 10.3. The number of ether oxygens (including phenoxy) is 1. The predicted molar refractivity (Wildman–Crippen MR) is 132 cm³/mol. The van der Waals surface area contributed by atoms with Gasteiger partial charge in [-0.15, -0.1) is 10.2 Å². The number of halogens is 1. The molecular weight excluding hydrogens is 458 g/mol. The molecule has 7 nitrogen and oxygen atoms in total. The van der Waals surface area contributed by atoms with Crippen LogP contribution in [0.1, 0.15) is 5.82 Å². The van der Waals surface area contributed by atoms with Crippen molar-refractivity contribution in [3.05, 3.63) is 89.7 Å². The number of para-hydroxylation sites is 2. The van der Waals surface area contributed by atoms with Crippen molar-refractivity contribution in [1.29, 1.82) is 0 Å². The monoisotopic (exact) mass is 479 g/mol. The number of nitrogens with one attached hydrogen (secondary N) is 2. The van der Waals surface area contributed by atoms with Crippen molar-refractivity contribution < 1.29 is 9.53 Å². The van der Waals surface area contributed by atoms with E-state index in [-0.39, 0.29) is 11.7 Å². The molecule has 4 aromatic rings. The molecule has 33 heavy (non-hydrogen) atoms. The molecule has 1 heterocycles. The summed E-state index contributed by atoms with van der Waals surface area (Å²) in [5.74, 6) is 1.51. The Morgan fingerprint density at radius 3 is 2.45 bits per heavy atom. The van der Waals surface area contributed by atoms with Gasteiger partial charge in [-0.25, -0.2) is 0 Å². The van der Waals surface area contributed by atoms with E-state index in [1.54, 1.807) is 7.11 Å². The summed E-state index contributed by atoms with van der Waals surface area (Å²) in [5, 5.41) is 16.1. The molecule has 1 aromatic heterocycles. The number of thioether (sulfide) groups is 1. The van der Waals surface area contributed by atoms with Gasteiger partial charge in [-0.05, 0) is 48.5 Å². The SMILES string of the molecule is COc1ccc(-n2c(CNc3ccccc3Cl)nnc2SCC(=O)Nc2ccccc2)cc1. The minimum Gasteiger partial charge on any atom is -0.497 e. The number of benzene rings is 3. The Hall–Kier alpha value is -3.49. The van der Waals surface area contributed by atoms with E-state index in [0.717, 1.165) is 22.8 Å². The number of carbonyl (C=O) groups excluding carboxylic acids is 1. The molecular formula is C24H22ClN5O2S. The number of rotatable bonds is 9. The van der Waals surface area contributed by atoms with Crippen molar-refractivity contribution in [2.24, 2.45) is 0 Å². The molecule has 2 N–H and O–H groups in total. The van der Waals surface area contributed by atoms with Crippen LogP contribution < -0.4 is 15.4 Å². The van der Waals surface area contributed by atoms with Crippen LogP contribution in [0.25, 0.3) is 5.69 Å². The highest BCUT2D eigenvalue weighted by Crippen LogP contribution is 2.26. The lowest BCUT2D eigenvalue weighted by Crippen LogP contribution is -2.14. The fourth-order valence-corrected chi connectivity index (χ4v) is 4.10. The van der Waals surface area contributed by atoms with Crippen LogP contribution in [0.4, 0.5) is 11.4 Å². The van der Waals surface area contributed by atoms with Crippen LogP contribution in [0.5, 0.6) is 5.75 Å². The normalized spacial score (nSPS) is 10.6. The first kappa shape index (κ1) is 22.7. The number of aromatic nitrogens is 3. The standard InChI is InChI=1S/C24H22ClN5O2S/c1-32-19-13-11-18(12-14-19)30-22(15-26-21-10-6-5-9-20(21)25)28-29-24(30)33-16-23(31)27-17-7-3-2-4-8-17/h2-14,26H,15-16H2,1H3,(H,27,31). The number of nitrogens with zero attached hydrogens (tertiary/aromatic N) is 3. The molecule has 0 unspecified atom stereocenters. The maximum Gasteiger partial charge on any atom is 0.234 e. The van der Waals surface area contributed by atoms with Crippen LogP contribution in [0, 0.1) is 0 Å². The highest BCUT2D eigenvalue weighted by Gasteiger charge is 2.16. The zero-order valence-corrected chi connectivity index (χ0v) is 19.4. The Kier molecular flexibility index (Phi) is 7.49. The third kappa shape index (κ3) is 5.85. The molecule has 9 heteroatoms. The summed E-state index contributed by atoms with van der Waals surface area (Å²) in [4.78, 5) is 12.4. The number of hydrogen-bond acceptors (Lipinski definition) is 6. The lowest BCUT2D eigenvalue weighted by molar-refractivity contribution is -0.113. The van der Waals surface area contributed by atoms with E-state index >= 15 is 0 Å². The zero-order chi connectivity index (χ0) is 23.0. The number of methoxy groups -OCH3 is 1. The topological polar surface area (TPSA) is 81.1 Å². The van der Waals surface area contributed by atoms with Gasteiger partial charge in [-0.1, -0.05) is 53.7 Å². The average Bonchev–Trinajstić information content (AvgIpc) is 3.25. The molecule has 0 fully saturated rings. The Balaban J connectivity index is 1.54.